The van der Waals surface area contributed by atoms with Crippen LogP contribution in [-0.2, 0) is 6.42 Å². The first-order chi connectivity index (χ1) is 8.74. The van der Waals surface area contributed by atoms with E-state index in [-0.39, 0.29) is 6.04 Å². The molecule has 0 aliphatic heterocycles. The normalized spacial score (nSPS) is 12.2. The number of anilines is 1. The second-order valence-electron chi connectivity index (χ2n) is 4.08. The fraction of sp³-hybridized carbons (Fsp3) is 0.357. The van der Waals surface area contributed by atoms with Crippen LogP contribution >= 0.6 is 11.3 Å². The number of thiophene rings is 1. The molecule has 3 nitrogen and oxygen atoms in total. The lowest BCUT2D eigenvalue weighted by Crippen LogP contribution is -2.06. The first-order valence-corrected chi connectivity index (χ1v) is 6.90. The Labute approximate surface area is 112 Å². The fourth-order valence-corrected chi connectivity index (χ4v) is 2.74. The summed E-state index contributed by atoms with van der Waals surface area (Å²) < 4.78 is 5.24. The van der Waals surface area contributed by atoms with Crippen molar-refractivity contribution in [2.24, 2.45) is 0 Å². The van der Waals surface area contributed by atoms with Gasteiger partial charge in [-0.3, -0.25) is 0 Å². The van der Waals surface area contributed by atoms with Crippen LogP contribution in [0, 0.1) is 0 Å². The summed E-state index contributed by atoms with van der Waals surface area (Å²) in [6.45, 7) is 4.33. The van der Waals surface area contributed by atoms with Gasteiger partial charge < -0.3 is 10.1 Å². The van der Waals surface area contributed by atoms with Gasteiger partial charge >= 0.3 is 0 Å². The monoisotopic (exact) mass is 262 g/mol. The van der Waals surface area contributed by atoms with Gasteiger partial charge in [-0.05, 0) is 37.6 Å². The van der Waals surface area contributed by atoms with Crippen molar-refractivity contribution in [2.45, 2.75) is 26.3 Å². The van der Waals surface area contributed by atoms with Crippen LogP contribution in [0.4, 0.5) is 5.69 Å². The smallest absolute Gasteiger partial charge is 0.237 e. The molecule has 2 aromatic rings. The number of nitrogens with zero attached hydrogens (tertiary/aromatic N) is 1. The van der Waals surface area contributed by atoms with E-state index in [2.05, 4.69) is 36.3 Å². The lowest BCUT2D eigenvalue weighted by Gasteiger charge is -2.15. The third-order valence-corrected chi connectivity index (χ3v) is 4.21. The second kappa shape index (κ2) is 5.87. The van der Waals surface area contributed by atoms with Crippen LogP contribution < -0.4 is 10.1 Å². The van der Waals surface area contributed by atoms with E-state index in [0.717, 1.165) is 12.1 Å². The lowest BCUT2D eigenvalue weighted by atomic mass is 10.2. The van der Waals surface area contributed by atoms with Crippen LogP contribution in [0.1, 0.15) is 29.6 Å². The van der Waals surface area contributed by atoms with Gasteiger partial charge in [0.25, 0.3) is 0 Å². The van der Waals surface area contributed by atoms with Crippen molar-refractivity contribution in [1.29, 1.82) is 0 Å². The van der Waals surface area contributed by atoms with Crippen molar-refractivity contribution in [3.8, 4) is 5.88 Å². The highest BCUT2D eigenvalue weighted by Crippen LogP contribution is 2.29. The van der Waals surface area contributed by atoms with E-state index in [1.165, 1.54) is 9.75 Å². The molecule has 2 heterocycles. The van der Waals surface area contributed by atoms with E-state index in [1.54, 1.807) is 13.3 Å². The Kier molecular flexibility index (Phi) is 4.20. The van der Waals surface area contributed by atoms with Gasteiger partial charge in [-0.1, -0.05) is 6.92 Å². The van der Waals surface area contributed by atoms with E-state index < -0.39 is 0 Å². The van der Waals surface area contributed by atoms with E-state index in [1.807, 2.05) is 23.5 Å². The number of ether oxygens (including phenoxy) is 1. The molecule has 0 amide bonds. The largest absolute Gasteiger partial charge is 0.480 e. The molecule has 0 bridgehead atoms. The quantitative estimate of drug-likeness (QED) is 0.887. The molecular weight excluding hydrogens is 244 g/mol. The molecule has 0 aliphatic carbocycles. The van der Waals surface area contributed by atoms with Gasteiger partial charge in [0.15, 0.2) is 0 Å². The Morgan fingerprint density at radius 3 is 2.89 bits per heavy atom. The molecule has 1 N–H and O–H groups in total. The molecule has 0 saturated heterocycles. The van der Waals surface area contributed by atoms with Crippen molar-refractivity contribution >= 4 is 17.0 Å². The van der Waals surface area contributed by atoms with Gasteiger partial charge in [-0.2, -0.15) is 0 Å². The predicted octanol–water partition coefficient (Wildman–Crippen LogP) is 3.89. The average molecular weight is 262 g/mol. The van der Waals surface area contributed by atoms with Gasteiger partial charge in [0.1, 0.15) is 0 Å². The molecule has 0 fully saturated rings. The molecule has 1 unspecified atom stereocenters. The molecule has 0 radical (unpaired) electrons. The summed E-state index contributed by atoms with van der Waals surface area (Å²) in [6.07, 6.45) is 2.82. The molecule has 0 saturated carbocycles. The Hall–Kier alpha value is -1.55. The van der Waals surface area contributed by atoms with Crippen LogP contribution in [0.2, 0.25) is 0 Å². The van der Waals surface area contributed by atoms with Crippen molar-refractivity contribution in [1.82, 2.24) is 4.98 Å². The molecule has 96 valence electrons. The van der Waals surface area contributed by atoms with Gasteiger partial charge in [-0.25, -0.2) is 4.98 Å². The van der Waals surface area contributed by atoms with Crippen LogP contribution in [0.25, 0.3) is 0 Å². The Morgan fingerprint density at radius 2 is 2.22 bits per heavy atom. The van der Waals surface area contributed by atoms with Crippen molar-refractivity contribution in [3.05, 3.63) is 40.2 Å². The van der Waals surface area contributed by atoms with Crippen molar-refractivity contribution in [2.75, 3.05) is 12.4 Å². The maximum absolute atomic E-state index is 5.24. The number of aryl methyl sites for hydroxylation is 1. The molecule has 0 aliphatic rings. The Balaban J connectivity index is 2.13. The predicted molar refractivity (Wildman–Crippen MR) is 76.5 cm³/mol. The molecule has 0 aromatic carbocycles. The first-order valence-electron chi connectivity index (χ1n) is 6.08. The third-order valence-electron chi connectivity index (χ3n) is 2.79. The summed E-state index contributed by atoms with van der Waals surface area (Å²) in [4.78, 5) is 6.93. The van der Waals surface area contributed by atoms with E-state index in [0.29, 0.717) is 5.88 Å². The average Bonchev–Trinajstić information content (AvgIpc) is 2.88. The molecule has 2 aromatic heterocycles. The summed E-state index contributed by atoms with van der Waals surface area (Å²) in [6, 6.07) is 8.52. The highest BCUT2D eigenvalue weighted by Gasteiger charge is 2.11. The summed E-state index contributed by atoms with van der Waals surface area (Å²) in [7, 11) is 1.64. The minimum absolute atomic E-state index is 0.258. The van der Waals surface area contributed by atoms with Crippen LogP contribution in [0.15, 0.2) is 30.5 Å². The Morgan fingerprint density at radius 1 is 1.39 bits per heavy atom. The number of pyridine rings is 1. The SMILES string of the molecule is CCc1ccc(C(C)Nc2cccnc2OC)s1. The molecule has 2 rings (SSSR count). The van der Waals surface area contributed by atoms with Crippen molar-refractivity contribution < 1.29 is 4.74 Å². The summed E-state index contributed by atoms with van der Waals surface area (Å²) in [5.74, 6) is 0.636. The zero-order valence-electron chi connectivity index (χ0n) is 10.9. The highest BCUT2D eigenvalue weighted by atomic mass is 32.1. The maximum Gasteiger partial charge on any atom is 0.237 e. The van der Waals surface area contributed by atoms with Gasteiger partial charge in [0.05, 0.1) is 18.8 Å². The number of rotatable bonds is 5. The van der Waals surface area contributed by atoms with E-state index in [4.69, 9.17) is 4.74 Å². The molecule has 0 spiro atoms. The third kappa shape index (κ3) is 2.82. The number of nitrogens with one attached hydrogen (secondary N) is 1. The highest BCUT2D eigenvalue weighted by molar-refractivity contribution is 7.12. The van der Waals surface area contributed by atoms with Crippen molar-refractivity contribution in [3.63, 3.8) is 0 Å². The van der Waals surface area contributed by atoms with Gasteiger partial charge in [-0.15, -0.1) is 11.3 Å². The summed E-state index contributed by atoms with van der Waals surface area (Å²) in [5.41, 5.74) is 0.930. The van der Waals surface area contributed by atoms with Crippen LogP contribution in [0.3, 0.4) is 0 Å². The molecule has 18 heavy (non-hydrogen) atoms. The lowest BCUT2D eigenvalue weighted by molar-refractivity contribution is 0.399. The summed E-state index contributed by atoms with van der Waals surface area (Å²) in [5, 5.41) is 3.44. The minimum atomic E-state index is 0.258. The second-order valence-corrected chi connectivity index (χ2v) is 5.28. The standard InChI is InChI=1S/C14H18N2OS/c1-4-11-7-8-13(18-11)10(2)16-12-6-5-9-15-14(12)17-3/h5-10,16H,4H2,1-3H3. The zero-order chi connectivity index (χ0) is 13.0. The number of hydrogen-bond acceptors (Lipinski definition) is 4. The van der Waals surface area contributed by atoms with Gasteiger partial charge in [0, 0.05) is 16.0 Å². The van der Waals surface area contributed by atoms with Crippen LogP contribution in [0.5, 0.6) is 5.88 Å². The van der Waals surface area contributed by atoms with E-state index in [9.17, 15) is 0 Å². The number of methoxy groups -OCH3 is 1. The minimum Gasteiger partial charge on any atom is -0.480 e. The Bertz CT molecular complexity index is 510. The zero-order valence-corrected chi connectivity index (χ0v) is 11.8. The number of aromatic nitrogens is 1. The van der Waals surface area contributed by atoms with Gasteiger partial charge in [0.2, 0.25) is 5.88 Å². The van der Waals surface area contributed by atoms with E-state index >= 15 is 0 Å². The molecular formula is C14H18N2OS. The fourth-order valence-electron chi connectivity index (χ4n) is 1.78. The topological polar surface area (TPSA) is 34.2 Å². The molecule has 4 heteroatoms. The first kappa shape index (κ1) is 12.9. The number of hydrogen-bond donors (Lipinski definition) is 1. The van der Waals surface area contributed by atoms with Crippen LogP contribution in [-0.4, -0.2) is 12.1 Å². The maximum atomic E-state index is 5.24. The summed E-state index contributed by atoms with van der Waals surface area (Å²) >= 11 is 1.85. The molecule has 1 atom stereocenters.